The molecular weight excluding hydrogens is 254 g/mol. The van der Waals surface area contributed by atoms with E-state index >= 15 is 0 Å². The van der Waals surface area contributed by atoms with Gasteiger partial charge in [0.1, 0.15) is 0 Å². The van der Waals surface area contributed by atoms with Crippen LogP contribution in [0.1, 0.15) is 85.3 Å². The highest BCUT2D eigenvalue weighted by molar-refractivity contribution is 5.59. The highest BCUT2D eigenvalue weighted by Crippen LogP contribution is 2.45. The van der Waals surface area contributed by atoms with E-state index < -0.39 is 0 Å². The molecule has 0 bridgehead atoms. The van der Waals surface area contributed by atoms with Gasteiger partial charge in [0.2, 0.25) is 0 Å². The van der Waals surface area contributed by atoms with Crippen LogP contribution < -0.4 is 5.73 Å². The molecule has 0 saturated heterocycles. The number of rotatable bonds is 7. The van der Waals surface area contributed by atoms with Crippen molar-refractivity contribution in [1.82, 2.24) is 0 Å². The Bertz CT molecular complexity index is 451. The van der Waals surface area contributed by atoms with E-state index in [1.165, 1.54) is 11.1 Å². The molecule has 1 nitrogen and oxygen atoms in total. The van der Waals surface area contributed by atoms with E-state index in [1.807, 2.05) is 0 Å². The zero-order valence-corrected chi connectivity index (χ0v) is 15.2. The highest BCUT2D eigenvalue weighted by Gasteiger charge is 2.36. The predicted octanol–water partition coefficient (Wildman–Crippen LogP) is 6.06. The van der Waals surface area contributed by atoms with Crippen molar-refractivity contribution in [2.75, 3.05) is 5.73 Å². The number of benzene rings is 1. The van der Waals surface area contributed by atoms with Crippen molar-refractivity contribution in [3.8, 4) is 0 Å². The second kappa shape index (κ2) is 6.85. The number of nitrogen functional groups attached to an aromatic ring is 1. The average Bonchev–Trinajstić information content (AvgIpc) is 2.49. The first kappa shape index (κ1) is 18.1. The number of nitrogens with two attached hydrogens (primary N) is 1. The largest absolute Gasteiger partial charge is 0.398 e. The Balaban J connectivity index is 3.54. The third-order valence-electron chi connectivity index (χ3n) is 6.22. The van der Waals surface area contributed by atoms with Gasteiger partial charge in [-0.25, -0.2) is 0 Å². The molecule has 1 rings (SSSR count). The molecule has 0 spiro atoms. The van der Waals surface area contributed by atoms with Gasteiger partial charge in [0.05, 0.1) is 0 Å². The van der Waals surface area contributed by atoms with E-state index in [4.69, 9.17) is 5.73 Å². The van der Waals surface area contributed by atoms with Crippen molar-refractivity contribution in [3.63, 3.8) is 0 Å². The van der Waals surface area contributed by atoms with Crippen molar-refractivity contribution in [3.05, 3.63) is 29.3 Å². The van der Waals surface area contributed by atoms with E-state index in [-0.39, 0.29) is 10.8 Å². The van der Waals surface area contributed by atoms with E-state index in [9.17, 15) is 0 Å². The summed E-state index contributed by atoms with van der Waals surface area (Å²) in [6, 6.07) is 6.72. The Kier molecular flexibility index (Phi) is 5.90. The lowest BCUT2D eigenvalue weighted by molar-refractivity contribution is 0.284. The van der Waals surface area contributed by atoms with Gasteiger partial charge < -0.3 is 5.73 Å². The molecule has 1 aromatic carbocycles. The molecule has 1 aromatic rings. The SMILES string of the molecule is CCC(C)(CC)c1cccc(C(CC)(CC)C(C)C)c1N. The van der Waals surface area contributed by atoms with Crippen LogP contribution in [-0.4, -0.2) is 0 Å². The number of anilines is 1. The third kappa shape index (κ3) is 2.98. The Morgan fingerprint density at radius 1 is 0.905 bits per heavy atom. The van der Waals surface area contributed by atoms with Crippen LogP contribution in [0.3, 0.4) is 0 Å². The Hall–Kier alpha value is -0.980. The Morgan fingerprint density at radius 3 is 1.76 bits per heavy atom. The van der Waals surface area contributed by atoms with Crippen LogP contribution in [-0.2, 0) is 10.8 Å². The van der Waals surface area contributed by atoms with Crippen molar-refractivity contribution < 1.29 is 0 Å². The Morgan fingerprint density at radius 2 is 1.38 bits per heavy atom. The lowest BCUT2D eigenvalue weighted by Crippen LogP contribution is -2.33. The highest BCUT2D eigenvalue weighted by atomic mass is 14.6. The summed E-state index contributed by atoms with van der Waals surface area (Å²) in [6.45, 7) is 16.1. The minimum atomic E-state index is 0.185. The molecule has 0 saturated carbocycles. The fraction of sp³-hybridized carbons (Fsp3) is 0.700. The lowest BCUT2D eigenvalue weighted by atomic mass is 9.65. The number of hydrogen-bond donors (Lipinski definition) is 1. The second-order valence-electron chi connectivity index (χ2n) is 7.05. The lowest BCUT2D eigenvalue weighted by Gasteiger charge is -2.39. The van der Waals surface area contributed by atoms with Gasteiger partial charge in [-0.1, -0.05) is 66.7 Å². The molecule has 120 valence electrons. The van der Waals surface area contributed by atoms with Crippen LogP contribution in [0.5, 0.6) is 0 Å². The topological polar surface area (TPSA) is 26.0 Å². The molecule has 0 unspecified atom stereocenters. The molecule has 0 aliphatic heterocycles. The van der Waals surface area contributed by atoms with Gasteiger partial charge in [0.25, 0.3) is 0 Å². The van der Waals surface area contributed by atoms with Crippen LogP contribution in [0, 0.1) is 5.92 Å². The van der Waals surface area contributed by atoms with E-state index in [0.717, 1.165) is 31.4 Å². The fourth-order valence-electron chi connectivity index (χ4n) is 3.91. The quantitative estimate of drug-likeness (QED) is 0.606. The van der Waals surface area contributed by atoms with Crippen LogP contribution in [0.4, 0.5) is 5.69 Å². The van der Waals surface area contributed by atoms with Crippen LogP contribution in [0.25, 0.3) is 0 Å². The molecule has 21 heavy (non-hydrogen) atoms. The summed E-state index contributed by atoms with van der Waals surface area (Å²) in [4.78, 5) is 0. The molecular formula is C20H35N. The first-order valence-electron chi connectivity index (χ1n) is 8.72. The molecule has 0 aliphatic rings. The van der Waals surface area contributed by atoms with Crippen LogP contribution in [0.15, 0.2) is 18.2 Å². The molecule has 0 heterocycles. The van der Waals surface area contributed by atoms with Gasteiger partial charge in [-0.15, -0.1) is 0 Å². The minimum Gasteiger partial charge on any atom is -0.398 e. The van der Waals surface area contributed by atoms with Crippen LogP contribution >= 0.6 is 0 Å². The van der Waals surface area contributed by atoms with Gasteiger partial charge in [-0.3, -0.25) is 0 Å². The summed E-state index contributed by atoms with van der Waals surface area (Å²) >= 11 is 0. The van der Waals surface area contributed by atoms with E-state index in [2.05, 4.69) is 66.7 Å². The molecule has 0 radical (unpaired) electrons. The van der Waals surface area contributed by atoms with E-state index in [0.29, 0.717) is 5.92 Å². The maximum atomic E-state index is 6.70. The summed E-state index contributed by atoms with van der Waals surface area (Å²) in [5, 5.41) is 0. The van der Waals surface area contributed by atoms with Gasteiger partial charge >= 0.3 is 0 Å². The number of hydrogen-bond acceptors (Lipinski definition) is 1. The first-order valence-corrected chi connectivity index (χ1v) is 8.72. The monoisotopic (exact) mass is 289 g/mol. The fourth-order valence-corrected chi connectivity index (χ4v) is 3.91. The van der Waals surface area contributed by atoms with Gasteiger partial charge in [0, 0.05) is 5.69 Å². The number of para-hydroxylation sites is 1. The Labute approximate surface area is 132 Å². The molecule has 2 N–H and O–H groups in total. The molecule has 0 amide bonds. The van der Waals surface area contributed by atoms with Gasteiger partial charge in [-0.05, 0) is 53.6 Å². The molecule has 0 atom stereocenters. The molecule has 0 aliphatic carbocycles. The minimum absolute atomic E-state index is 0.185. The maximum absolute atomic E-state index is 6.70. The summed E-state index contributed by atoms with van der Waals surface area (Å²) in [5.74, 6) is 0.597. The standard InChI is InChI=1S/C20H35N/c1-8-19(7,9-2)16-13-12-14-17(18(16)21)20(10-3,11-4)15(5)6/h12-15H,8-11,21H2,1-7H3. The van der Waals surface area contributed by atoms with Gasteiger partial charge in [0.15, 0.2) is 0 Å². The van der Waals surface area contributed by atoms with Gasteiger partial charge in [-0.2, -0.15) is 0 Å². The van der Waals surface area contributed by atoms with Crippen LogP contribution in [0.2, 0.25) is 0 Å². The third-order valence-corrected chi connectivity index (χ3v) is 6.22. The average molecular weight is 290 g/mol. The second-order valence-corrected chi connectivity index (χ2v) is 7.05. The van der Waals surface area contributed by atoms with Crippen molar-refractivity contribution in [1.29, 1.82) is 0 Å². The maximum Gasteiger partial charge on any atom is 0.0390 e. The smallest absolute Gasteiger partial charge is 0.0390 e. The molecule has 0 fully saturated rings. The normalized spacial score (nSPS) is 13.0. The molecule has 1 heteroatoms. The summed E-state index contributed by atoms with van der Waals surface area (Å²) in [5.41, 5.74) is 10.8. The van der Waals surface area contributed by atoms with Crippen molar-refractivity contribution >= 4 is 5.69 Å². The predicted molar refractivity (Wildman–Crippen MR) is 95.9 cm³/mol. The summed E-state index contributed by atoms with van der Waals surface area (Å²) in [6.07, 6.45) is 4.54. The van der Waals surface area contributed by atoms with Crippen molar-refractivity contribution in [2.24, 2.45) is 5.92 Å². The summed E-state index contributed by atoms with van der Waals surface area (Å²) < 4.78 is 0. The zero-order valence-electron chi connectivity index (χ0n) is 15.2. The first-order chi connectivity index (χ1) is 9.82. The van der Waals surface area contributed by atoms with Crippen molar-refractivity contribution in [2.45, 2.75) is 85.0 Å². The molecule has 0 aromatic heterocycles. The summed E-state index contributed by atoms with van der Waals surface area (Å²) in [7, 11) is 0. The van der Waals surface area contributed by atoms with E-state index in [1.54, 1.807) is 0 Å². The zero-order chi connectivity index (χ0) is 16.3.